The van der Waals surface area contributed by atoms with Crippen LogP contribution in [-0.2, 0) is 14.3 Å². The summed E-state index contributed by atoms with van der Waals surface area (Å²) >= 11 is 0. The van der Waals surface area contributed by atoms with Gasteiger partial charge in [0.05, 0.1) is 13.0 Å². The quantitative estimate of drug-likeness (QED) is 0.294. The van der Waals surface area contributed by atoms with Gasteiger partial charge in [-0.15, -0.1) is 0 Å². The molecule has 142 valence electrons. The fourth-order valence-electron chi connectivity index (χ4n) is 2.60. The Hall–Kier alpha value is -1.06. The fourth-order valence-corrected chi connectivity index (χ4v) is 2.60. The molecule has 0 aromatic heterocycles. The minimum Gasteiger partial charge on any atom is -0.466 e. The molecule has 0 aliphatic heterocycles. The third-order valence-corrected chi connectivity index (χ3v) is 4.17. The van der Waals surface area contributed by atoms with Crippen molar-refractivity contribution in [3.8, 4) is 0 Å². The standard InChI is InChI=1S/C20H39NO3/c1-3-5-7-9-10-12-14-18-24-20(23)16-17-21-19(22)15-13-11-8-6-4-2/h3-18H2,1-2H3,(H,21,22). The van der Waals surface area contributed by atoms with Gasteiger partial charge in [0, 0.05) is 13.0 Å². The Kier molecular flexibility index (Phi) is 17.5. The van der Waals surface area contributed by atoms with Crippen LogP contribution < -0.4 is 5.32 Å². The lowest BCUT2D eigenvalue weighted by atomic mass is 10.1. The van der Waals surface area contributed by atoms with Crippen LogP contribution in [-0.4, -0.2) is 25.0 Å². The minimum absolute atomic E-state index is 0.0476. The first kappa shape index (κ1) is 22.9. The maximum Gasteiger partial charge on any atom is 0.307 e. The number of ether oxygens (including phenoxy) is 1. The van der Waals surface area contributed by atoms with Gasteiger partial charge in [0.1, 0.15) is 0 Å². The lowest BCUT2D eigenvalue weighted by Crippen LogP contribution is -2.26. The highest BCUT2D eigenvalue weighted by Crippen LogP contribution is 2.07. The Morgan fingerprint density at radius 1 is 0.708 bits per heavy atom. The minimum atomic E-state index is -0.204. The van der Waals surface area contributed by atoms with Crippen molar-refractivity contribution < 1.29 is 14.3 Å². The number of hydrogen-bond acceptors (Lipinski definition) is 3. The maximum atomic E-state index is 11.6. The molecule has 0 bridgehead atoms. The smallest absolute Gasteiger partial charge is 0.307 e. The van der Waals surface area contributed by atoms with Crippen LogP contribution in [0.25, 0.3) is 0 Å². The van der Waals surface area contributed by atoms with Crippen LogP contribution in [0.5, 0.6) is 0 Å². The summed E-state index contributed by atoms with van der Waals surface area (Å²) in [6.45, 7) is 5.30. The molecule has 0 aliphatic rings. The third kappa shape index (κ3) is 17.3. The van der Waals surface area contributed by atoms with Crippen LogP contribution in [0, 0.1) is 0 Å². The zero-order chi connectivity index (χ0) is 17.9. The predicted molar refractivity (Wildman–Crippen MR) is 100.0 cm³/mol. The molecule has 0 rings (SSSR count). The van der Waals surface area contributed by atoms with E-state index in [1.54, 1.807) is 0 Å². The number of unbranched alkanes of at least 4 members (excludes halogenated alkanes) is 10. The Bertz CT molecular complexity index is 305. The first-order valence-electron chi connectivity index (χ1n) is 10.1. The van der Waals surface area contributed by atoms with E-state index in [9.17, 15) is 9.59 Å². The molecule has 4 heteroatoms. The number of rotatable bonds is 17. The van der Waals surface area contributed by atoms with Crippen molar-refractivity contribution in [2.24, 2.45) is 0 Å². The summed E-state index contributed by atoms with van der Waals surface area (Å²) in [5.41, 5.74) is 0. The van der Waals surface area contributed by atoms with Crippen molar-refractivity contribution in [3.63, 3.8) is 0 Å². The van der Waals surface area contributed by atoms with E-state index in [0.717, 1.165) is 25.7 Å². The molecule has 0 saturated carbocycles. The van der Waals surface area contributed by atoms with Crippen molar-refractivity contribution in [1.29, 1.82) is 0 Å². The molecule has 0 heterocycles. The second-order valence-corrected chi connectivity index (χ2v) is 6.61. The molecule has 0 aliphatic carbocycles. The first-order valence-corrected chi connectivity index (χ1v) is 10.1. The van der Waals surface area contributed by atoms with Gasteiger partial charge in [0.15, 0.2) is 0 Å². The number of carbonyl (C=O) groups is 2. The second-order valence-electron chi connectivity index (χ2n) is 6.61. The third-order valence-electron chi connectivity index (χ3n) is 4.17. The second kappa shape index (κ2) is 18.3. The van der Waals surface area contributed by atoms with Gasteiger partial charge >= 0.3 is 5.97 Å². The van der Waals surface area contributed by atoms with Gasteiger partial charge in [-0.1, -0.05) is 78.1 Å². The Balaban J connectivity index is 3.32. The molecule has 0 aromatic rings. The van der Waals surface area contributed by atoms with Crippen molar-refractivity contribution in [2.75, 3.05) is 13.2 Å². The van der Waals surface area contributed by atoms with Crippen molar-refractivity contribution in [1.82, 2.24) is 5.32 Å². The van der Waals surface area contributed by atoms with Crippen LogP contribution in [0.1, 0.15) is 104 Å². The molecule has 0 saturated heterocycles. The molecule has 0 fully saturated rings. The molecule has 0 spiro atoms. The molecular formula is C20H39NO3. The van der Waals surface area contributed by atoms with Crippen LogP contribution in [0.2, 0.25) is 0 Å². The summed E-state index contributed by atoms with van der Waals surface area (Å²) in [5, 5.41) is 2.79. The summed E-state index contributed by atoms with van der Waals surface area (Å²) in [5.74, 6) is -0.157. The van der Waals surface area contributed by atoms with Crippen LogP contribution in [0.3, 0.4) is 0 Å². The average molecular weight is 342 g/mol. The summed E-state index contributed by atoms with van der Waals surface area (Å²) in [4.78, 5) is 23.2. The average Bonchev–Trinajstić information content (AvgIpc) is 2.57. The number of nitrogens with one attached hydrogen (secondary N) is 1. The zero-order valence-electron chi connectivity index (χ0n) is 16.0. The molecule has 4 nitrogen and oxygen atoms in total. The van der Waals surface area contributed by atoms with Crippen molar-refractivity contribution in [3.05, 3.63) is 0 Å². The van der Waals surface area contributed by atoms with Gasteiger partial charge in [0.25, 0.3) is 0 Å². The number of esters is 1. The summed E-state index contributed by atoms with van der Waals surface area (Å²) in [6, 6.07) is 0. The molecule has 0 radical (unpaired) electrons. The molecule has 0 unspecified atom stereocenters. The Labute approximate surface area is 149 Å². The molecule has 0 atom stereocenters. The van der Waals surface area contributed by atoms with Gasteiger partial charge in [-0.25, -0.2) is 0 Å². The highest BCUT2D eigenvalue weighted by Gasteiger charge is 2.05. The van der Waals surface area contributed by atoms with E-state index in [1.165, 1.54) is 51.4 Å². The number of hydrogen-bond donors (Lipinski definition) is 1. The topological polar surface area (TPSA) is 55.4 Å². The van der Waals surface area contributed by atoms with Crippen LogP contribution in [0.4, 0.5) is 0 Å². The molecule has 1 amide bonds. The van der Waals surface area contributed by atoms with E-state index >= 15 is 0 Å². The SMILES string of the molecule is CCCCCCCCCOC(=O)CCNC(=O)CCCCCCC. The largest absolute Gasteiger partial charge is 0.466 e. The number of amides is 1. The zero-order valence-corrected chi connectivity index (χ0v) is 16.0. The summed E-state index contributed by atoms with van der Waals surface area (Å²) in [6.07, 6.45) is 15.0. The summed E-state index contributed by atoms with van der Waals surface area (Å²) in [7, 11) is 0. The monoisotopic (exact) mass is 341 g/mol. The van der Waals surface area contributed by atoms with Crippen molar-refractivity contribution >= 4 is 11.9 Å². The van der Waals surface area contributed by atoms with Crippen molar-refractivity contribution in [2.45, 2.75) is 104 Å². The van der Waals surface area contributed by atoms with Gasteiger partial charge < -0.3 is 10.1 Å². The lowest BCUT2D eigenvalue weighted by molar-refractivity contribution is -0.143. The van der Waals surface area contributed by atoms with Crippen LogP contribution in [0.15, 0.2) is 0 Å². The van der Waals surface area contributed by atoms with E-state index in [0.29, 0.717) is 19.6 Å². The normalized spacial score (nSPS) is 10.6. The highest BCUT2D eigenvalue weighted by molar-refractivity contribution is 5.76. The summed E-state index contributed by atoms with van der Waals surface area (Å²) < 4.78 is 5.19. The van der Waals surface area contributed by atoms with Gasteiger partial charge in [0.2, 0.25) is 5.91 Å². The maximum absolute atomic E-state index is 11.6. The van der Waals surface area contributed by atoms with Gasteiger partial charge in [-0.2, -0.15) is 0 Å². The number of carbonyl (C=O) groups excluding carboxylic acids is 2. The van der Waals surface area contributed by atoms with E-state index in [2.05, 4.69) is 19.2 Å². The molecule has 24 heavy (non-hydrogen) atoms. The van der Waals surface area contributed by atoms with Gasteiger partial charge in [-0.05, 0) is 12.8 Å². The van der Waals surface area contributed by atoms with E-state index in [-0.39, 0.29) is 18.3 Å². The molecular weight excluding hydrogens is 302 g/mol. The van der Waals surface area contributed by atoms with E-state index in [1.807, 2.05) is 0 Å². The first-order chi connectivity index (χ1) is 11.7. The fraction of sp³-hybridized carbons (Fsp3) is 0.900. The Morgan fingerprint density at radius 3 is 1.88 bits per heavy atom. The van der Waals surface area contributed by atoms with E-state index in [4.69, 9.17) is 4.74 Å². The molecule has 0 aromatic carbocycles. The Morgan fingerprint density at radius 2 is 1.25 bits per heavy atom. The van der Waals surface area contributed by atoms with Crippen LogP contribution >= 0.6 is 0 Å². The predicted octanol–water partition coefficient (Wildman–Crippen LogP) is 5.15. The van der Waals surface area contributed by atoms with E-state index < -0.39 is 0 Å². The lowest BCUT2D eigenvalue weighted by Gasteiger charge is -2.06. The van der Waals surface area contributed by atoms with Gasteiger partial charge in [-0.3, -0.25) is 9.59 Å². The molecule has 1 N–H and O–H groups in total. The highest BCUT2D eigenvalue weighted by atomic mass is 16.5.